The van der Waals surface area contributed by atoms with E-state index in [1.54, 1.807) is 24.3 Å². The molecule has 3 aromatic carbocycles. The minimum Gasteiger partial charge on any atom is -0.441 e. The first-order valence-corrected chi connectivity index (χ1v) is 17.8. The van der Waals surface area contributed by atoms with Crippen molar-refractivity contribution >= 4 is 30.0 Å². The molecule has 2 aromatic heterocycles. The largest absolute Gasteiger partial charge is 0.441 e. The van der Waals surface area contributed by atoms with Crippen molar-refractivity contribution in [1.29, 1.82) is 0 Å². The molecule has 0 bridgehead atoms. The summed E-state index contributed by atoms with van der Waals surface area (Å²) in [5.74, 6) is 1.18. The van der Waals surface area contributed by atoms with E-state index in [1.807, 2.05) is 55.5 Å². The SMILES string of the molecule is Cc1oc(-c2ccccc2)nc1Cc1c(CO[SiH](C)C)c2cc(C(C)(C)C)ccc2n1S(=O)(=O)c1ccccc1. The van der Waals surface area contributed by atoms with E-state index in [0.29, 0.717) is 35.2 Å². The fourth-order valence-corrected chi connectivity index (χ4v) is 6.96. The molecule has 0 saturated heterocycles. The summed E-state index contributed by atoms with van der Waals surface area (Å²) in [7, 11) is -5.33. The van der Waals surface area contributed by atoms with Crippen molar-refractivity contribution in [2.24, 2.45) is 0 Å². The van der Waals surface area contributed by atoms with Gasteiger partial charge in [-0.15, -0.1) is 0 Å². The van der Waals surface area contributed by atoms with E-state index in [0.717, 1.165) is 22.1 Å². The van der Waals surface area contributed by atoms with Crippen LogP contribution in [0.5, 0.6) is 0 Å². The molecule has 5 aromatic rings. The third-order valence-corrected chi connectivity index (χ3v) is 9.69. The van der Waals surface area contributed by atoms with Gasteiger partial charge in [-0.25, -0.2) is 17.4 Å². The quantitative estimate of drug-likeness (QED) is 0.183. The Bertz CT molecular complexity index is 1750. The number of hydrogen-bond acceptors (Lipinski definition) is 5. The van der Waals surface area contributed by atoms with Crippen molar-refractivity contribution in [2.75, 3.05) is 0 Å². The zero-order valence-electron chi connectivity index (χ0n) is 23.9. The monoisotopic (exact) mass is 572 g/mol. The maximum atomic E-state index is 14.3. The van der Waals surface area contributed by atoms with Gasteiger partial charge in [0.15, 0.2) is 9.04 Å². The van der Waals surface area contributed by atoms with Gasteiger partial charge in [-0.05, 0) is 67.4 Å². The molecule has 0 unspecified atom stereocenters. The zero-order valence-corrected chi connectivity index (χ0v) is 25.9. The van der Waals surface area contributed by atoms with Gasteiger partial charge in [0.1, 0.15) is 5.76 Å². The number of benzene rings is 3. The van der Waals surface area contributed by atoms with Crippen LogP contribution in [0.15, 0.2) is 88.2 Å². The molecular weight excluding hydrogens is 537 g/mol. The van der Waals surface area contributed by atoms with E-state index in [-0.39, 0.29) is 16.7 Å². The molecule has 0 amide bonds. The van der Waals surface area contributed by atoms with Crippen molar-refractivity contribution in [3.05, 3.63) is 107 Å². The molecule has 5 rings (SSSR count). The van der Waals surface area contributed by atoms with Gasteiger partial charge in [0.25, 0.3) is 10.0 Å². The van der Waals surface area contributed by atoms with Gasteiger partial charge in [0, 0.05) is 28.6 Å². The molecule has 0 atom stereocenters. The fraction of sp³-hybridized carbons (Fsp3) is 0.281. The lowest BCUT2D eigenvalue weighted by Gasteiger charge is -2.19. The van der Waals surface area contributed by atoms with Crippen LogP contribution in [0.25, 0.3) is 22.4 Å². The zero-order chi connectivity index (χ0) is 28.7. The van der Waals surface area contributed by atoms with E-state index in [4.69, 9.17) is 13.8 Å². The van der Waals surface area contributed by atoms with Crippen LogP contribution in [0.2, 0.25) is 13.1 Å². The molecule has 0 aliphatic carbocycles. The first kappa shape index (κ1) is 28.1. The molecule has 40 heavy (non-hydrogen) atoms. The predicted molar refractivity (Wildman–Crippen MR) is 163 cm³/mol. The smallest absolute Gasteiger partial charge is 0.268 e. The van der Waals surface area contributed by atoms with E-state index in [1.165, 1.54) is 3.97 Å². The molecule has 0 N–H and O–H groups in total. The number of rotatable bonds is 8. The van der Waals surface area contributed by atoms with Gasteiger partial charge >= 0.3 is 0 Å². The highest BCUT2D eigenvalue weighted by molar-refractivity contribution is 7.90. The average molecular weight is 573 g/mol. The Labute approximate surface area is 238 Å². The second-order valence-corrected chi connectivity index (χ2v) is 15.6. The first-order chi connectivity index (χ1) is 19.0. The van der Waals surface area contributed by atoms with Crippen LogP contribution < -0.4 is 0 Å². The van der Waals surface area contributed by atoms with Crippen molar-refractivity contribution < 1.29 is 17.3 Å². The molecule has 6 nitrogen and oxygen atoms in total. The van der Waals surface area contributed by atoms with Gasteiger partial charge in [0.05, 0.1) is 22.7 Å². The Morgan fingerprint density at radius 1 is 0.950 bits per heavy atom. The third-order valence-electron chi connectivity index (χ3n) is 7.09. The molecule has 208 valence electrons. The predicted octanol–water partition coefficient (Wildman–Crippen LogP) is 7.23. The summed E-state index contributed by atoms with van der Waals surface area (Å²) in [6, 6.07) is 24.4. The van der Waals surface area contributed by atoms with Crippen molar-refractivity contribution in [3.63, 3.8) is 0 Å². The van der Waals surface area contributed by atoms with Gasteiger partial charge in [-0.1, -0.05) is 63.2 Å². The summed E-state index contributed by atoms with van der Waals surface area (Å²) in [6.45, 7) is 12.9. The van der Waals surface area contributed by atoms with Crippen LogP contribution in [-0.4, -0.2) is 26.4 Å². The van der Waals surface area contributed by atoms with Crippen molar-refractivity contribution in [2.45, 2.75) is 64.1 Å². The number of nitrogens with zero attached hydrogens (tertiary/aromatic N) is 2. The van der Waals surface area contributed by atoms with Gasteiger partial charge in [0.2, 0.25) is 5.89 Å². The summed E-state index contributed by atoms with van der Waals surface area (Å²) in [5, 5.41) is 0.890. The number of fused-ring (bicyclic) bond motifs is 1. The maximum Gasteiger partial charge on any atom is 0.268 e. The Hall–Kier alpha value is -3.46. The topological polar surface area (TPSA) is 74.3 Å². The first-order valence-electron chi connectivity index (χ1n) is 13.6. The second-order valence-electron chi connectivity index (χ2n) is 11.4. The summed E-state index contributed by atoms with van der Waals surface area (Å²) in [4.78, 5) is 5.06. The Morgan fingerprint density at radius 3 is 2.23 bits per heavy atom. The van der Waals surface area contributed by atoms with Crippen molar-refractivity contribution in [3.8, 4) is 11.5 Å². The maximum absolute atomic E-state index is 14.3. The van der Waals surface area contributed by atoms with Crippen LogP contribution in [0.1, 0.15) is 49.0 Å². The second kappa shape index (κ2) is 10.8. The Kier molecular flexibility index (Phi) is 7.61. The number of aryl methyl sites for hydroxylation is 1. The third kappa shape index (κ3) is 5.44. The molecule has 0 fully saturated rings. The van der Waals surface area contributed by atoms with E-state index in [9.17, 15) is 8.42 Å². The number of hydrogen-bond donors (Lipinski definition) is 0. The molecule has 2 heterocycles. The summed E-state index contributed by atoms with van der Waals surface area (Å²) in [6.07, 6.45) is 0.284. The lowest BCUT2D eigenvalue weighted by atomic mass is 9.86. The summed E-state index contributed by atoms with van der Waals surface area (Å²) >= 11 is 0. The highest BCUT2D eigenvalue weighted by atomic mass is 32.2. The van der Waals surface area contributed by atoms with Crippen molar-refractivity contribution in [1.82, 2.24) is 8.96 Å². The molecule has 8 heteroatoms. The lowest BCUT2D eigenvalue weighted by molar-refractivity contribution is 0.315. The van der Waals surface area contributed by atoms with Crippen LogP contribution in [0.3, 0.4) is 0 Å². The van der Waals surface area contributed by atoms with Gasteiger partial charge < -0.3 is 8.84 Å². The Balaban J connectivity index is 1.78. The molecule has 0 saturated carbocycles. The standard InChI is InChI=1S/C32H36N2O4SSi/c1-22-28(33-31(38-22)23-13-9-7-10-14-23)20-30-27(21-37-40(5)6)26-19-24(32(2,3)4)17-18-29(26)34(30)39(35,36)25-15-11-8-12-16-25/h7-19,40H,20-21H2,1-6H3. The lowest BCUT2D eigenvalue weighted by Crippen LogP contribution is -2.17. The number of aromatic nitrogens is 2. The van der Waals surface area contributed by atoms with Gasteiger partial charge in [-0.2, -0.15) is 0 Å². The minimum atomic E-state index is -3.93. The van der Waals surface area contributed by atoms with E-state index in [2.05, 4.69) is 39.9 Å². The van der Waals surface area contributed by atoms with Crippen LogP contribution in [0, 0.1) is 6.92 Å². The van der Waals surface area contributed by atoms with E-state index >= 15 is 0 Å². The molecule has 0 aliphatic heterocycles. The Morgan fingerprint density at radius 2 is 1.60 bits per heavy atom. The highest BCUT2D eigenvalue weighted by Gasteiger charge is 2.29. The average Bonchev–Trinajstić information content (AvgIpc) is 3.45. The molecule has 0 radical (unpaired) electrons. The molecular formula is C32H36N2O4SSi. The fourth-order valence-electron chi connectivity index (χ4n) is 4.86. The normalized spacial score (nSPS) is 12.5. The van der Waals surface area contributed by atoms with Crippen LogP contribution in [-0.2, 0) is 32.9 Å². The van der Waals surface area contributed by atoms with E-state index < -0.39 is 19.1 Å². The van der Waals surface area contributed by atoms with Crippen LogP contribution in [0.4, 0.5) is 0 Å². The minimum absolute atomic E-state index is 0.104. The summed E-state index contributed by atoms with van der Waals surface area (Å²) < 4.78 is 42.4. The molecule has 0 aliphatic rings. The van der Waals surface area contributed by atoms with Crippen LogP contribution >= 0.6 is 0 Å². The number of oxazole rings is 1. The highest BCUT2D eigenvalue weighted by Crippen LogP contribution is 2.36. The van der Waals surface area contributed by atoms with Gasteiger partial charge in [-0.3, -0.25) is 0 Å². The molecule has 0 spiro atoms. The summed E-state index contributed by atoms with van der Waals surface area (Å²) in [5.41, 5.74) is 4.77.